The van der Waals surface area contributed by atoms with E-state index in [4.69, 9.17) is 21.1 Å². The summed E-state index contributed by atoms with van der Waals surface area (Å²) in [6, 6.07) is 3.65. The zero-order valence-corrected chi connectivity index (χ0v) is 11.9. The maximum Gasteiger partial charge on any atom is 0.165 e. The number of methoxy groups -OCH3 is 2. The van der Waals surface area contributed by atoms with Gasteiger partial charge < -0.3 is 20.1 Å². The van der Waals surface area contributed by atoms with Crippen LogP contribution in [0.4, 0.5) is 0 Å². The number of nitrogens with one attached hydrogen (secondary N) is 2. The Morgan fingerprint density at radius 1 is 1.17 bits per heavy atom. The molecule has 102 valence electrons. The van der Waals surface area contributed by atoms with Crippen LogP contribution in [0.2, 0.25) is 5.02 Å². The van der Waals surface area contributed by atoms with Crippen molar-refractivity contribution in [1.82, 2.24) is 10.6 Å². The summed E-state index contributed by atoms with van der Waals surface area (Å²) in [4.78, 5) is 0. The minimum atomic E-state index is 0.652. The Kier molecular flexibility index (Phi) is 6.86. The second kappa shape index (κ2) is 8.19. The van der Waals surface area contributed by atoms with Gasteiger partial charge in [0.1, 0.15) is 0 Å². The van der Waals surface area contributed by atoms with Crippen LogP contribution >= 0.6 is 11.6 Å². The molecule has 0 spiro atoms. The largest absolute Gasteiger partial charge is 0.493 e. The highest BCUT2D eigenvalue weighted by molar-refractivity contribution is 6.30. The highest BCUT2D eigenvalue weighted by atomic mass is 35.5. The van der Waals surface area contributed by atoms with Crippen LogP contribution in [0.5, 0.6) is 11.5 Å². The van der Waals surface area contributed by atoms with E-state index in [9.17, 15) is 0 Å². The van der Waals surface area contributed by atoms with Crippen molar-refractivity contribution in [3.63, 3.8) is 0 Å². The third-order valence-corrected chi connectivity index (χ3v) is 2.83. The summed E-state index contributed by atoms with van der Waals surface area (Å²) in [7, 11) is 5.19. The summed E-state index contributed by atoms with van der Waals surface area (Å²) < 4.78 is 10.6. The van der Waals surface area contributed by atoms with Gasteiger partial charge in [-0.05, 0) is 32.6 Å². The maximum atomic E-state index is 6.05. The van der Waals surface area contributed by atoms with Crippen molar-refractivity contribution in [1.29, 1.82) is 0 Å². The van der Waals surface area contributed by atoms with Gasteiger partial charge in [0.25, 0.3) is 0 Å². The van der Waals surface area contributed by atoms with Gasteiger partial charge >= 0.3 is 0 Å². The topological polar surface area (TPSA) is 42.5 Å². The van der Waals surface area contributed by atoms with E-state index in [1.54, 1.807) is 20.3 Å². The van der Waals surface area contributed by atoms with Gasteiger partial charge in [0.15, 0.2) is 11.5 Å². The summed E-state index contributed by atoms with van der Waals surface area (Å²) in [6.45, 7) is 2.66. The first-order chi connectivity index (χ1) is 8.72. The van der Waals surface area contributed by atoms with Gasteiger partial charge in [0, 0.05) is 23.2 Å². The van der Waals surface area contributed by atoms with E-state index in [2.05, 4.69) is 10.6 Å². The Morgan fingerprint density at radius 3 is 2.56 bits per heavy atom. The molecule has 0 fully saturated rings. The van der Waals surface area contributed by atoms with Crippen molar-refractivity contribution in [2.45, 2.75) is 13.0 Å². The normalized spacial score (nSPS) is 10.4. The highest BCUT2D eigenvalue weighted by Crippen LogP contribution is 2.34. The molecule has 2 N–H and O–H groups in total. The molecule has 0 radical (unpaired) electrons. The minimum Gasteiger partial charge on any atom is -0.493 e. The number of rotatable bonds is 8. The molecular formula is C13H21ClN2O2. The smallest absolute Gasteiger partial charge is 0.165 e. The number of benzene rings is 1. The molecule has 0 atom stereocenters. The highest BCUT2D eigenvalue weighted by Gasteiger charge is 2.11. The second-order valence-corrected chi connectivity index (χ2v) is 4.37. The quantitative estimate of drug-likeness (QED) is 0.711. The van der Waals surface area contributed by atoms with Gasteiger partial charge in [-0.3, -0.25) is 0 Å². The maximum absolute atomic E-state index is 6.05. The third-order valence-electron chi connectivity index (χ3n) is 2.62. The number of halogens is 1. The van der Waals surface area contributed by atoms with Gasteiger partial charge in [-0.15, -0.1) is 0 Å². The van der Waals surface area contributed by atoms with Crippen LogP contribution in [0.25, 0.3) is 0 Å². The van der Waals surface area contributed by atoms with E-state index >= 15 is 0 Å². The van der Waals surface area contributed by atoms with Crippen LogP contribution in [0, 0.1) is 0 Å². The Bertz CT molecular complexity index is 372. The van der Waals surface area contributed by atoms with Gasteiger partial charge in [-0.2, -0.15) is 0 Å². The standard InChI is InChI=1S/C13H21ClN2O2/c1-15-5-4-6-16-9-10-7-11(14)8-12(17-2)13(10)18-3/h7-8,15-16H,4-6,9H2,1-3H3. The lowest BCUT2D eigenvalue weighted by Gasteiger charge is -2.14. The summed E-state index contributed by atoms with van der Waals surface area (Å²) in [6.07, 6.45) is 1.08. The van der Waals surface area contributed by atoms with E-state index in [0.717, 1.165) is 30.8 Å². The Hall–Kier alpha value is -0.970. The molecule has 0 unspecified atom stereocenters. The minimum absolute atomic E-state index is 0.652. The Morgan fingerprint density at radius 2 is 1.94 bits per heavy atom. The third kappa shape index (κ3) is 4.37. The molecule has 4 nitrogen and oxygen atoms in total. The molecule has 0 amide bonds. The Labute approximate surface area is 114 Å². The van der Waals surface area contributed by atoms with Crippen LogP contribution in [0.1, 0.15) is 12.0 Å². The molecule has 1 aromatic rings. The first kappa shape index (κ1) is 15.1. The summed E-state index contributed by atoms with van der Waals surface area (Å²) >= 11 is 6.05. The van der Waals surface area contributed by atoms with E-state index < -0.39 is 0 Å². The SMILES string of the molecule is CNCCCNCc1cc(Cl)cc(OC)c1OC. The fourth-order valence-corrected chi connectivity index (χ4v) is 1.98. The van der Waals surface area contributed by atoms with Crippen LogP contribution in [-0.4, -0.2) is 34.4 Å². The van der Waals surface area contributed by atoms with Crippen LogP contribution < -0.4 is 20.1 Å². The molecule has 5 heteroatoms. The van der Waals surface area contributed by atoms with E-state index in [-0.39, 0.29) is 0 Å². The molecular weight excluding hydrogens is 252 g/mol. The predicted octanol–water partition coefficient (Wildman–Crippen LogP) is 2.06. The zero-order valence-electron chi connectivity index (χ0n) is 11.2. The van der Waals surface area contributed by atoms with Crippen molar-refractivity contribution in [3.8, 4) is 11.5 Å². The lowest BCUT2D eigenvalue weighted by Crippen LogP contribution is -2.19. The summed E-state index contributed by atoms with van der Waals surface area (Å²) in [5.74, 6) is 1.40. The summed E-state index contributed by atoms with van der Waals surface area (Å²) in [5.41, 5.74) is 1.01. The molecule has 0 saturated carbocycles. The molecule has 0 aliphatic rings. The van der Waals surface area contributed by atoms with Crippen LogP contribution in [0.15, 0.2) is 12.1 Å². The van der Waals surface area contributed by atoms with Gasteiger partial charge in [-0.25, -0.2) is 0 Å². The van der Waals surface area contributed by atoms with E-state index in [1.807, 2.05) is 13.1 Å². The molecule has 1 rings (SSSR count). The monoisotopic (exact) mass is 272 g/mol. The lowest BCUT2D eigenvalue weighted by molar-refractivity contribution is 0.350. The molecule has 0 aliphatic carbocycles. The first-order valence-electron chi connectivity index (χ1n) is 5.98. The summed E-state index contributed by atoms with van der Waals surface area (Å²) in [5, 5.41) is 7.12. The Balaban J connectivity index is 2.65. The molecule has 0 bridgehead atoms. The predicted molar refractivity (Wildman–Crippen MR) is 74.8 cm³/mol. The molecule has 0 heterocycles. The number of ether oxygens (including phenoxy) is 2. The number of hydrogen-bond acceptors (Lipinski definition) is 4. The van der Waals surface area contributed by atoms with Crippen LogP contribution in [-0.2, 0) is 6.54 Å². The molecule has 0 aromatic heterocycles. The fraction of sp³-hybridized carbons (Fsp3) is 0.538. The van der Waals surface area contributed by atoms with Gasteiger partial charge in [0.05, 0.1) is 14.2 Å². The van der Waals surface area contributed by atoms with E-state index in [1.165, 1.54) is 0 Å². The average molecular weight is 273 g/mol. The van der Waals surface area contributed by atoms with E-state index in [0.29, 0.717) is 17.3 Å². The molecule has 0 saturated heterocycles. The molecule has 1 aromatic carbocycles. The fourth-order valence-electron chi connectivity index (χ4n) is 1.75. The van der Waals surface area contributed by atoms with Crippen molar-refractivity contribution < 1.29 is 9.47 Å². The van der Waals surface area contributed by atoms with Crippen LogP contribution in [0.3, 0.4) is 0 Å². The van der Waals surface area contributed by atoms with Crippen molar-refractivity contribution in [2.24, 2.45) is 0 Å². The number of hydrogen-bond donors (Lipinski definition) is 2. The van der Waals surface area contributed by atoms with Crippen molar-refractivity contribution in [3.05, 3.63) is 22.7 Å². The van der Waals surface area contributed by atoms with Crippen molar-refractivity contribution >= 4 is 11.6 Å². The lowest BCUT2D eigenvalue weighted by atomic mass is 10.2. The van der Waals surface area contributed by atoms with Gasteiger partial charge in [-0.1, -0.05) is 11.6 Å². The van der Waals surface area contributed by atoms with Gasteiger partial charge in [0.2, 0.25) is 0 Å². The first-order valence-corrected chi connectivity index (χ1v) is 6.36. The zero-order chi connectivity index (χ0) is 13.4. The second-order valence-electron chi connectivity index (χ2n) is 3.93. The average Bonchev–Trinajstić information content (AvgIpc) is 2.37. The van der Waals surface area contributed by atoms with Crippen molar-refractivity contribution in [2.75, 3.05) is 34.4 Å². The molecule has 0 aliphatic heterocycles. The molecule has 18 heavy (non-hydrogen) atoms.